The Bertz CT molecular complexity index is 423. The average molecular weight is 178 g/mol. The van der Waals surface area contributed by atoms with E-state index in [9.17, 15) is 0 Å². The molecule has 2 heterocycles. The molecule has 5 heteroatoms. The summed E-state index contributed by atoms with van der Waals surface area (Å²) in [6.07, 6.45) is 2.16. The van der Waals surface area contributed by atoms with Crippen LogP contribution in [0.2, 0.25) is 0 Å². The van der Waals surface area contributed by atoms with Gasteiger partial charge in [-0.05, 0) is 6.07 Å². The third-order valence-corrected chi connectivity index (χ3v) is 1.81. The summed E-state index contributed by atoms with van der Waals surface area (Å²) in [4.78, 5) is 4.08. The smallest absolute Gasteiger partial charge is 0.157 e. The largest absolute Gasteiger partial charge is 0.396 e. The van der Waals surface area contributed by atoms with Crippen molar-refractivity contribution in [3.63, 3.8) is 0 Å². The van der Waals surface area contributed by atoms with Gasteiger partial charge in [-0.25, -0.2) is 4.98 Å². The van der Waals surface area contributed by atoms with Gasteiger partial charge in [0.15, 0.2) is 5.65 Å². The molecule has 2 aromatic heterocycles. The second-order valence-corrected chi connectivity index (χ2v) is 2.75. The number of hydrogen-bond donors (Lipinski definition) is 2. The number of aliphatic hydroxyl groups excluding tert-OH is 1. The maximum absolute atomic E-state index is 8.71. The summed E-state index contributed by atoms with van der Waals surface area (Å²) < 4.78 is 1.56. The zero-order chi connectivity index (χ0) is 9.26. The first kappa shape index (κ1) is 8.00. The number of aromatic nitrogens is 3. The lowest BCUT2D eigenvalue weighted by molar-refractivity contribution is 0.298. The van der Waals surface area contributed by atoms with Crippen LogP contribution < -0.4 is 5.73 Å². The predicted molar refractivity (Wildman–Crippen MR) is 48.2 cm³/mol. The SMILES string of the molecule is Nc1ccnc2cc(CCO)nn12. The number of nitrogen functional groups attached to an aromatic ring is 1. The molecule has 2 aromatic rings. The molecule has 0 bridgehead atoms. The van der Waals surface area contributed by atoms with Crippen molar-refractivity contribution in [3.05, 3.63) is 24.0 Å². The number of nitrogens with two attached hydrogens (primary N) is 1. The maximum Gasteiger partial charge on any atom is 0.157 e. The van der Waals surface area contributed by atoms with Crippen LogP contribution in [-0.4, -0.2) is 26.3 Å². The molecule has 0 saturated carbocycles. The molecule has 0 aromatic carbocycles. The van der Waals surface area contributed by atoms with Gasteiger partial charge in [0, 0.05) is 25.3 Å². The molecule has 0 atom stereocenters. The first-order valence-electron chi connectivity index (χ1n) is 4.01. The fraction of sp³-hybridized carbons (Fsp3) is 0.250. The Morgan fingerprint density at radius 1 is 1.54 bits per heavy atom. The normalized spacial score (nSPS) is 10.8. The van der Waals surface area contributed by atoms with Crippen molar-refractivity contribution < 1.29 is 5.11 Å². The summed E-state index contributed by atoms with van der Waals surface area (Å²) in [5.74, 6) is 0.550. The number of hydrogen-bond acceptors (Lipinski definition) is 4. The number of anilines is 1. The van der Waals surface area contributed by atoms with Crippen LogP contribution in [0, 0.1) is 0 Å². The number of rotatable bonds is 2. The molecule has 0 aliphatic heterocycles. The van der Waals surface area contributed by atoms with Crippen molar-refractivity contribution in [2.75, 3.05) is 12.3 Å². The van der Waals surface area contributed by atoms with Crippen LogP contribution in [0.5, 0.6) is 0 Å². The van der Waals surface area contributed by atoms with Gasteiger partial charge in [-0.15, -0.1) is 0 Å². The van der Waals surface area contributed by atoms with E-state index >= 15 is 0 Å². The van der Waals surface area contributed by atoms with E-state index in [1.165, 1.54) is 0 Å². The Hall–Kier alpha value is -1.62. The summed E-state index contributed by atoms with van der Waals surface area (Å²) >= 11 is 0. The third kappa shape index (κ3) is 1.33. The summed E-state index contributed by atoms with van der Waals surface area (Å²) in [6, 6.07) is 3.50. The van der Waals surface area contributed by atoms with E-state index in [1.807, 2.05) is 6.07 Å². The highest BCUT2D eigenvalue weighted by molar-refractivity contribution is 5.46. The van der Waals surface area contributed by atoms with Gasteiger partial charge in [-0.1, -0.05) is 0 Å². The van der Waals surface area contributed by atoms with Gasteiger partial charge in [0.25, 0.3) is 0 Å². The average Bonchev–Trinajstić information content (AvgIpc) is 2.49. The lowest BCUT2D eigenvalue weighted by Crippen LogP contribution is -1.99. The second-order valence-electron chi connectivity index (χ2n) is 2.75. The number of fused-ring (bicyclic) bond motifs is 1. The molecule has 0 aliphatic rings. The zero-order valence-electron chi connectivity index (χ0n) is 7.01. The molecule has 13 heavy (non-hydrogen) atoms. The monoisotopic (exact) mass is 178 g/mol. The van der Waals surface area contributed by atoms with Crippen LogP contribution in [0.25, 0.3) is 5.65 Å². The van der Waals surface area contributed by atoms with Crippen molar-refractivity contribution in [2.45, 2.75) is 6.42 Å². The van der Waals surface area contributed by atoms with E-state index in [2.05, 4.69) is 10.1 Å². The van der Waals surface area contributed by atoms with Crippen LogP contribution in [0.3, 0.4) is 0 Å². The molecule has 2 rings (SSSR count). The van der Waals surface area contributed by atoms with Gasteiger partial charge in [0.05, 0.1) is 5.69 Å². The molecular weight excluding hydrogens is 168 g/mol. The molecule has 0 unspecified atom stereocenters. The van der Waals surface area contributed by atoms with E-state index in [1.54, 1.807) is 16.8 Å². The summed E-state index contributed by atoms with van der Waals surface area (Å²) in [7, 11) is 0. The van der Waals surface area contributed by atoms with Crippen LogP contribution in [0.15, 0.2) is 18.3 Å². The third-order valence-electron chi connectivity index (χ3n) is 1.81. The van der Waals surface area contributed by atoms with Crippen LogP contribution in [-0.2, 0) is 6.42 Å². The molecule has 0 spiro atoms. The van der Waals surface area contributed by atoms with E-state index in [4.69, 9.17) is 10.8 Å². The molecule has 3 N–H and O–H groups in total. The molecule has 0 aliphatic carbocycles. The first-order chi connectivity index (χ1) is 6.31. The molecule has 0 radical (unpaired) electrons. The Morgan fingerprint density at radius 2 is 2.38 bits per heavy atom. The molecular formula is C8H10N4O. The minimum Gasteiger partial charge on any atom is -0.396 e. The highest BCUT2D eigenvalue weighted by Crippen LogP contribution is 2.07. The van der Waals surface area contributed by atoms with Crippen molar-refractivity contribution >= 4 is 11.5 Å². The highest BCUT2D eigenvalue weighted by atomic mass is 16.3. The fourth-order valence-corrected chi connectivity index (χ4v) is 1.20. The van der Waals surface area contributed by atoms with E-state index in [0.29, 0.717) is 17.9 Å². The lowest BCUT2D eigenvalue weighted by Gasteiger charge is -1.94. The van der Waals surface area contributed by atoms with Crippen molar-refractivity contribution in [1.82, 2.24) is 14.6 Å². The quantitative estimate of drug-likeness (QED) is 0.670. The van der Waals surface area contributed by atoms with Crippen LogP contribution >= 0.6 is 0 Å². The minimum absolute atomic E-state index is 0.0871. The Kier molecular flexibility index (Phi) is 1.86. The van der Waals surface area contributed by atoms with Crippen molar-refractivity contribution in [1.29, 1.82) is 0 Å². The van der Waals surface area contributed by atoms with Crippen molar-refractivity contribution in [2.24, 2.45) is 0 Å². The van der Waals surface area contributed by atoms with Gasteiger partial charge in [0.1, 0.15) is 5.82 Å². The molecule has 5 nitrogen and oxygen atoms in total. The summed E-state index contributed by atoms with van der Waals surface area (Å²) in [5, 5.41) is 12.9. The van der Waals surface area contributed by atoms with Gasteiger partial charge in [0.2, 0.25) is 0 Å². The first-order valence-corrected chi connectivity index (χ1v) is 4.01. The Morgan fingerprint density at radius 3 is 3.08 bits per heavy atom. The van der Waals surface area contributed by atoms with E-state index < -0.39 is 0 Å². The molecule has 0 fully saturated rings. The van der Waals surface area contributed by atoms with Gasteiger partial charge in [-0.2, -0.15) is 9.61 Å². The summed E-state index contributed by atoms with van der Waals surface area (Å²) in [6.45, 7) is 0.0871. The highest BCUT2D eigenvalue weighted by Gasteiger charge is 2.03. The van der Waals surface area contributed by atoms with Gasteiger partial charge < -0.3 is 10.8 Å². The predicted octanol–water partition coefficient (Wildman–Crippen LogP) is -0.154. The minimum atomic E-state index is 0.0871. The van der Waals surface area contributed by atoms with Gasteiger partial charge >= 0.3 is 0 Å². The topological polar surface area (TPSA) is 76.4 Å². The van der Waals surface area contributed by atoms with E-state index in [0.717, 1.165) is 5.69 Å². The molecule has 0 saturated heterocycles. The Balaban J connectivity index is 2.55. The number of aliphatic hydroxyl groups is 1. The van der Waals surface area contributed by atoms with Crippen LogP contribution in [0.1, 0.15) is 5.69 Å². The van der Waals surface area contributed by atoms with Crippen LogP contribution in [0.4, 0.5) is 5.82 Å². The maximum atomic E-state index is 8.71. The van der Waals surface area contributed by atoms with Gasteiger partial charge in [-0.3, -0.25) is 0 Å². The Labute approximate surface area is 74.8 Å². The summed E-state index contributed by atoms with van der Waals surface area (Å²) in [5.41, 5.74) is 7.17. The lowest BCUT2D eigenvalue weighted by atomic mass is 10.3. The standard InChI is InChI=1S/C8H10N4O/c9-7-1-3-10-8-5-6(2-4-13)11-12(7)8/h1,3,5,13H,2,4,9H2. The second kappa shape index (κ2) is 3.02. The number of nitrogens with zero attached hydrogens (tertiary/aromatic N) is 3. The molecule has 0 amide bonds. The van der Waals surface area contributed by atoms with E-state index in [-0.39, 0.29) is 6.61 Å². The molecule has 68 valence electrons. The zero-order valence-corrected chi connectivity index (χ0v) is 7.01. The van der Waals surface area contributed by atoms with Crippen molar-refractivity contribution in [3.8, 4) is 0 Å². The fourth-order valence-electron chi connectivity index (χ4n) is 1.20.